The van der Waals surface area contributed by atoms with Gasteiger partial charge in [0.25, 0.3) is 11.6 Å². The van der Waals surface area contributed by atoms with Crippen LogP contribution in [0.25, 0.3) is 5.69 Å². The number of hydrogen-bond donors (Lipinski definition) is 1. The van der Waals surface area contributed by atoms with Crippen LogP contribution in [0.2, 0.25) is 0 Å². The number of amides is 1. The molecule has 144 valence electrons. The van der Waals surface area contributed by atoms with E-state index in [1.54, 1.807) is 12.1 Å². The molecule has 0 bridgehead atoms. The van der Waals surface area contributed by atoms with E-state index in [1.807, 2.05) is 38.1 Å². The predicted octanol–water partition coefficient (Wildman–Crippen LogP) is 3.65. The van der Waals surface area contributed by atoms with E-state index in [9.17, 15) is 14.9 Å². The summed E-state index contributed by atoms with van der Waals surface area (Å²) in [6.07, 6.45) is 1.45. The van der Waals surface area contributed by atoms with Crippen molar-refractivity contribution in [1.29, 1.82) is 0 Å². The zero-order valence-corrected chi connectivity index (χ0v) is 16.9. The first-order valence-electron chi connectivity index (χ1n) is 8.48. The lowest BCUT2D eigenvalue weighted by atomic mass is 9.84. The standard InChI is InChI=1S/C19H18BrN5O3/c1-19(2,13-6-8-14(20)9-7-13)12-21-18(26)17-11-24(23-22-17)15-4-3-5-16(10-15)25(27)28/h3-11H,12H2,1-2H3,(H,21,26). The molecule has 0 radical (unpaired) electrons. The van der Waals surface area contributed by atoms with Crippen molar-refractivity contribution in [2.24, 2.45) is 0 Å². The van der Waals surface area contributed by atoms with Gasteiger partial charge >= 0.3 is 0 Å². The summed E-state index contributed by atoms with van der Waals surface area (Å²) in [4.78, 5) is 22.9. The van der Waals surface area contributed by atoms with Crippen molar-refractivity contribution in [1.82, 2.24) is 20.3 Å². The topological polar surface area (TPSA) is 103 Å². The van der Waals surface area contributed by atoms with E-state index in [4.69, 9.17) is 0 Å². The summed E-state index contributed by atoms with van der Waals surface area (Å²) in [7, 11) is 0. The van der Waals surface area contributed by atoms with Gasteiger partial charge in [-0.3, -0.25) is 14.9 Å². The van der Waals surface area contributed by atoms with E-state index in [0.717, 1.165) is 10.0 Å². The van der Waals surface area contributed by atoms with Gasteiger partial charge in [-0.1, -0.05) is 53.2 Å². The number of aromatic nitrogens is 3. The predicted molar refractivity (Wildman–Crippen MR) is 108 cm³/mol. The highest BCUT2D eigenvalue weighted by Gasteiger charge is 2.22. The van der Waals surface area contributed by atoms with Crippen molar-refractivity contribution in [2.75, 3.05) is 6.54 Å². The number of hydrogen-bond acceptors (Lipinski definition) is 5. The molecule has 0 aliphatic rings. The molecule has 0 saturated heterocycles. The van der Waals surface area contributed by atoms with Gasteiger partial charge in [-0.2, -0.15) is 0 Å². The second kappa shape index (κ2) is 7.89. The number of rotatable bonds is 6. The van der Waals surface area contributed by atoms with Gasteiger partial charge in [0.05, 0.1) is 16.8 Å². The molecule has 8 nitrogen and oxygen atoms in total. The van der Waals surface area contributed by atoms with E-state index in [-0.39, 0.29) is 22.7 Å². The number of nitro groups is 1. The van der Waals surface area contributed by atoms with Gasteiger partial charge in [0, 0.05) is 28.6 Å². The molecule has 1 aromatic heterocycles. The molecule has 3 aromatic rings. The fraction of sp³-hybridized carbons (Fsp3) is 0.211. The summed E-state index contributed by atoms with van der Waals surface area (Å²) < 4.78 is 2.33. The van der Waals surface area contributed by atoms with Crippen LogP contribution in [0.15, 0.2) is 59.2 Å². The Morgan fingerprint density at radius 1 is 1.25 bits per heavy atom. The lowest BCUT2D eigenvalue weighted by Gasteiger charge is -2.25. The van der Waals surface area contributed by atoms with Gasteiger partial charge in [0.1, 0.15) is 0 Å². The molecular formula is C19H18BrN5O3. The van der Waals surface area contributed by atoms with Crippen LogP contribution in [-0.4, -0.2) is 32.4 Å². The van der Waals surface area contributed by atoms with Crippen LogP contribution in [0.5, 0.6) is 0 Å². The Kier molecular flexibility index (Phi) is 5.55. The molecule has 0 saturated carbocycles. The fourth-order valence-electron chi connectivity index (χ4n) is 2.64. The molecule has 3 rings (SSSR count). The van der Waals surface area contributed by atoms with Crippen LogP contribution in [0.4, 0.5) is 5.69 Å². The highest BCUT2D eigenvalue weighted by molar-refractivity contribution is 9.10. The number of halogens is 1. The highest BCUT2D eigenvalue weighted by atomic mass is 79.9. The van der Waals surface area contributed by atoms with E-state index in [2.05, 4.69) is 31.6 Å². The minimum absolute atomic E-state index is 0.0600. The first kappa shape index (κ1) is 19.7. The third-order valence-electron chi connectivity index (χ3n) is 4.35. The van der Waals surface area contributed by atoms with Gasteiger partial charge in [-0.25, -0.2) is 4.68 Å². The second-order valence-electron chi connectivity index (χ2n) is 6.90. The van der Waals surface area contributed by atoms with E-state index in [0.29, 0.717) is 12.2 Å². The zero-order valence-electron chi connectivity index (χ0n) is 15.3. The first-order valence-corrected chi connectivity index (χ1v) is 9.27. The number of nitrogens with zero attached hydrogens (tertiary/aromatic N) is 4. The van der Waals surface area contributed by atoms with Crippen molar-refractivity contribution >= 4 is 27.5 Å². The van der Waals surface area contributed by atoms with Gasteiger partial charge < -0.3 is 5.32 Å². The van der Waals surface area contributed by atoms with Crippen molar-refractivity contribution in [3.8, 4) is 5.69 Å². The van der Waals surface area contributed by atoms with Gasteiger partial charge in [-0.15, -0.1) is 5.10 Å². The molecule has 0 atom stereocenters. The van der Waals surface area contributed by atoms with Gasteiger partial charge in [0.15, 0.2) is 5.69 Å². The number of non-ortho nitro benzene ring substituents is 1. The molecule has 0 aliphatic carbocycles. The first-order chi connectivity index (χ1) is 13.3. The summed E-state index contributed by atoms with van der Waals surface area (Å²) in [5.74, 6) is -0.359. The Hall–Kier alpha value is -3.07. The third kappa shape index (κ3) is 4.42. The number of nitro benzene ring substituents is 1. The molecular weight excluding hydrogens is 426 g/mol. The zero-order chi connectivity index (χ0) is 20.3. The molecule has 9 heteroatoms. The van der Waals surface area contributed by atoms with Gasteiger partial charge in [0.2, 0.25) is 0 Å². The minimum Gasteiger partial charge on any atom is -0.350 e. The monoisotopic (exact) mass is 443 g/mol. The summed E-state index contributed by atoms with van der Waals surface area (Å²) in [6, 6.07) is 13.9. The molecule has 0 aliphatic heterocycles. The molecule has 0 fully saturated rings. The Morgan fingerprint density at radius 2 is 1.96 bits per heavy atom. The molecule has 1 N–H and O–H groups in total. The summed E-state index contributed by atoms with van der Waals surface area (Å²) in [5, 5.41) is 21.6. The summed E-state index contributed by atoms with van der Waals surface area (Å²) in [6.45, 7) is 4.49. The Labute approximate surface area is 169 Å². The van der Waals surface area contributed by atoms with Crippen LogP contribution in [-0.2, 0) is 5.41 Å². The molecule has 1 heterocycles. The third-order valence-corrected chi connectivity index (χ3v) is 4.88. The average molecular weight is 444 g/mol. The lowest BCUT2D eigenvalue weighted by molar-refractivity contribution is -0.384. The smallest absolute Gasteiger partial charge is 0.273 e. The number of benzene rings is 2. The molecule has 0 spiro atoms. The minimum atomic E-state index is -0.488. The van der Waals surface area contributed by atoms with E-state index < -0.39 is 4.92 Å². The van der Waals surface area contributed by atoms with E-state index >= 15 is 0 Å². The average Bonchev–Trinajstić information content (AvgIpc) is 3.17. The summed E-state index contributed by atoms with van der Waals surface area (Å²) in [5.41, 5.74) is 1.35. The Bertz CT molecular complexity index is 1010. The Morgan fingerprint density at radius 3 is 2.64 bits per heavy atom. The maximum Gasteiger partial charge on any atom is 0.273 e. The largest absolute Gasteiger partial charge is 0.350 e. The highest BCUT2D eigenvalue weighted by Crippen LogP contribution is 2.24. The molecule has 0 unspecified atom stereocenters. The van der Waals surface area contributed by atoms with Crippen LogP contribution < -0.4 is 5.32 Å². The maximum absolute atomic E-state index is 12.5. The van der Waals surface area contributed by atoms with Crippen molar-refractivity contribution in [3.05, 3.63) is 80.6 Å². The van der Waals surface area contributed by atoms with Crippen molar-refractivity contribution in [2.45, 2.75) is 19.3 Å². The SMILES string of the molecule is CC(C)(CNC(=O)c1cn(-c2cccc([N+](=O)[O-])c2)nn1)c1ccc(Br)cc1. The normalized spacial score (nSPS) is 11.2. The Balaban J connectivity index is 1.70. The lowest BCUT2D eigenvalue weighted by Crippen LogP contribution is -2.36. The number of nitrogens with one attached hydrogen (secondary N) is 1. The van der Waals surface area contributed by atoms with Crippen LogP contribution >= 0.6 is 15.9 Å². The van der Waals surface area contributed by atoms with Crippen molar-refractivity contribution in [3.63, 3.8) is 0 Å². The maximum atomic E-state index is 12.5. The summed E-state index contributed by atoms with van der Waals surface area (Å²) >= 11 is 3.41. The van der Waals surface area contributed by atoms with Crippen LogP contribution in [0.1, 0.15) is 29.9 Å². The van der Waals surface area contributed by atoms with Gasteiger partial charge in [-0.05, 0) is 23.8 Å². The van der Waals surface area contributed by atoms with Crippen LogP contribution in [0, 0.1) is 10.1 Å². The number of carbonyl (C=O) groups is 1. The fourth-order valence-corrected chi connectivity index (χ4v) is 2.90. The number of carbonyl (C=O) groups excluding carboxylic acids is 1. The van der Waals surface area contributed by atoms with Crippen molar-refractivity contribution < 1.29 is 9.72 Å². The second-order valence-corrected chi connectivity index (χ2v) is 7.81. The molecule has 2 aromatic carbocycles. The van der Waals surface area contributed by atoms with Crippen LogP contribution in [0.3, 0.4) is 0 Å². The molecule has 28 heavy (non-hydrogen) atoms. The van der Waals surface area contributed by atoms with E-state index in [1.165, 1.54) is 23.0 Å². The molecule has 1 amide bonds. The quantitative estimate of drug-likeness (QED) is 0.462.